The van der Waals surface area contributed by atoms with Gasteiger partial charge >= 0.3 is 0 Å². The van der Waals surface area contributed by atoms with Gasteiger partial charge in [0.2, 0.25) is 0 Å². The van der Waals surface area contributed by atoms with E-state index in [0.29, 0.717) is 0 Å². The highest BCUT2D eigenvalue weighted by atomic mass is 32.1. The van der Waals surface area contributed by atoms with Gasteiger partial charge in [-0.2, -0.15) is 0 Å². The molecule has 0 atom stereocenters. The molecule has 0 spiro atoms. The smallest absolute Gasteiger partial charge is 0.146 e. The number of ether oxygens (including phenoxy) is 3. The van der Waals surface area contributed by atoms with Gasteiger partial charge in [-0.05, 0) is 31.2 Å². The largest absolute Gasteiger partial charge is 0.381 e. The normalized spacial score (nSPS) is 22.2. The number of anilines is 1. The van der Waals surface area contributed by atoms with Gasteiger partial charge < -0.3 is 19.5 Å². The van der Waals surface area contributed by atoms with Crippen LogP contribution in [0.25, 0.3) is 10.2 Å². The fraction of sp³-hybridized carbons (Fsp3) is 0.727. The summed E-state index contributed by atoms with van der Waals surface area (Å²) in [5.74, 6) is 1.90. The van der Waals surface area contributed by atoms with Crippen LogP contribution in [0.2, 0.25) is 0 Å². The van der Waals surface area contributed by atoms with E-state index in [4.69, 9.17) is 24.2 Å². The van der Waals surface area contributed by atoms with Crippen molar-refractivity contribution in [3.63, 3.8) is 0 Å². The summed E-state index contributed by atoms with van der Waals surface area (Å²) in [6.07, 6.45) is 6.67. The van der Waals surface area contributed by atoms with E-state index in [2.05, 4.69) is 10.2 Å². The van der Waals surface area contributed by atoms with E-state index in [1.807, 2.05) is 18.4 Å². The van der Waals surface area contributed by atoms with Crippen molar-refractivity contribution in [2.75, 3.05) is 58.5 Å². The predicted molar refractivity (Wildman–Crippen MR) is 118 cm³/mol. The molecular formula is C22H32N4O3S. The number of hydrogen-bond donors (Lipinski definition) is 1. The fourth-order valence-electron chi connectivity index (χ4n) is 4.80. The molecule has 7 nitrogen and oxygen atoms in total. The number of aromatic nitrogens is 2. The second-order valence-corrected chi connectivity index (χ2v) is 9.70. The van der Waals surface area contributed by atoms with Gasteiger partial charge in [0.1, 0.15) is 16.5 Å². The first-order chi connectivity index (χ1) is 14.8. The molecule has 0 unspecified atom stereocenters. The van der Waals surface area contributed by atoms with E-state index in [0.717, 1.165) is 88.3 Å². The third-order valence-corrected chi connectivity index (χ3v) is 7.93. The van der Waals surface area contributed by atoms with Crippen LogP contribution >= 0.6 is 11.3 Å². The molecule has 0 aromatic carbocycles. The fourth-order valence-corrected chi connectivity index (χ4v) is 6.08. The zero-order valence-electron chi connectivity index (χ0n) is 17.9. The maximum absolute atomic E-state index is 5.95. The maximum atomic E-state index is 5.95. The van der Waals surface area contributed by atoms with Gasteiger partial charge in [-0.15, -0.1) is 11.3 Å². The number of rotatable bonds is 6. The Balaban J connectivity index is 1.46. The monoisotopic (exact) mass is 432 g/mol. The Labute approximate surface area is 182 Å². The number of nitrogens with zero attached hydrogens (tertiary/aromatic N) is 3. The third kappa shape index (κ3) is 4.21. The van der Waals surface area contributed by atoms with Gasteiger partial charge in [-0.3, -0.25) is 4.90 Å². The molecule has 2 aromatic rings. The minimum atomic E-state index is -0.185. The molecule has 2 fully saturated rings. The average Bonchev–Trinajstić information content (AvgIpc) is 3.17. The molecule has 2 aliphatic heterocycles. The first-order valence-electron chi connectivity index (χ1n) is 11.2. The maximum Gasteiger partial charge on any atom is 0.146 e. The second-order valence-electron chi connectivity index (χ2n) is 8.62. The van der Waals surface area contributed by atoms with Gasteiger partial charge in [0.05, 0.1) is 30.7 Å². The molecule has 4 heterocycles. The molecule has 0 bridgehead atoms. The minimum Gasteiger partial charge on any atom is -0.381 e. The Morgan fingerprint density at radius 2 is 1.83 bits per heavy atom. The number of methoxy groups -OCH3 is 1. The van der Waals surface area contributed by atoms with Crippen molar-refractivity contribution < 1.29 is 14.2 Å². The summed E-state index contributed by atoms with van der Waals surface area (Å²) in [6.45, 7) is 6.50. The van der Waals surface area contributed by atoms with Crippen LogP contribution in [-0.4, -0.2) is 73.6 Å². The van der Waals surface area contributed by atoms with Crippen LogP contribution in [0, 0.1) is 0 Å². The van der Waals surface area contributed by atoms with Gasteiger partial charge in [-0.25, -0.2) is 9.97 Å². The molecule has 8 heteroatoms. The molecule has 2 saturated heterocycles. The molecule has 5 rings (SSSR count). The molecular weight excluding hydrogens is 400 g/mol. The van der Waals surface area contributed by atoms with Crippen LogP contribution in [-0.2, 0) is 33.6 Å². The molecule has 0 saturated carbocycles. The van der Waals surface area contributed by atoms with Crippen molar-refractivity contribution in [3.05, 3.63) is 16.3 Å². The van der Waals surface area contributed by atoms with E-state index >= 15 is 0 Å². The standard InChI is InChI=1S/C22H32N4O3S/c1-27-22(6-10-28-11-7-22)15-23-20-19-16-4-2-3-5-17(16)30-21(19)25-18(24-20)14-26-8-12-29-13-9-26/h2-15H2,1H3,(H,23,24,25). The Bertz CT molecular complexity index is 875. The van der Waals surface area contributed by atoms with Crippen molar-refractivity contribution in [2.45, 2.75) is 50.7 Å². The molecule has 2 aromatic heterocycles. The van der Waals surface area contributed by atoms with Gasteiger partial charge in [0.15, 0.2) is 0 Å². The van der Waals surface area contributed by atoms with Crippen molar-refractivity contribution in [2.24, 2.45) is 0 Å². The summed E-state index contributed by atoms with van der Waals surface area (Å²) < 4.78 is 17.0. The lowest BCUT2D eigenvalue weighted by atomic mass is 9.93. The zero-order chi connectivity index (χ0) is 20.4. The molecule has 30 heavy (non-hydrogen) atoms. The van der Waals surface area contributed by atoms with Crippen LogP contribution in [0.3, 0.4) is 0 Å². The summed E-state index contributed by atoms with van der Waals surface area (Å²) in [6, 6.07) is 0. The third-order valence-electron chi connectivity index (χ3n) is 6.74. The quantitative estimate of drug-likeness (QED) is 0.752. The first-order valence-corrected chi connectivity index (χ1v) is 12.1. The molecule has 1 N–H and O–H groups in total. The van der Waals surface area contributed by atoms with E-state index in [-0.39, 0.29) is 5.60 Å². The summed E-state index contributed by atoms with van der Waals surface area (Å²) in [5.41, 5.74) is 1.29. The number of thiophene rings is 1. The van der Waals surface area contributed by atoms with E-state index in [1.165, 1.54) is 35.1 Å². The molecule has 3 aliphatic rings. The highest BCUT2D eigenvalue weighted by Gasteiger charge is 2.33. The van der Waals surface area contributed by atoms with Crippen molar-refractivity contribution in [3.8, 4) is 0 Å². The molecule has 0 amide bonds. The second kappa shape index (κ2) is 9.04. The molecule has 164 valence electrons. The number of hydrogen-bond acceptors (Lipinski definition) is 8. The van der Waals surface area contributed by atoms with E-state index in [9.17, 15) is 0 Å². The Morgan fingerprint density at radius 3 is 2.63 bits per heavy atom. The Morgan fingerprint density at radius 1 is 1.07 bits per heavy atom. The Hall–Kier alpha value is -1.32. The topological polar surface area (TPSA) is 68.7 Å². The van der Waals surface area contributed by atoms with Crippen LogP contribution in [0.5, 0.6) is 0 Å². The van der Waals surface area contributed by atoms with Gasteiger partial charge in [0.25, 0.3) is 0 Å². The number of morpholine rings is 1. The van der Waals surface area contributed by atoms with E-state index < -0.39 is 0 Å². The predicted octanol–water partition coefficient (Wildman–Crippen LogP) is 3.01. The van der Waals surface area contributed by atoms with Gasteiger partial charge in [-0.1, -0.05) is 0 Å². The zero-order valence-corrected chi connectivity index (χ0v) is 18.7. The SMILES string of the molecule is COC1(CNc2nc(CN3CCOCC3)nc3sc4c(c23)CCCC4)CCOCC1. The number of aryl methyl sites for hydroxylation is 2. The Kier molecular flexibility index (Phi) is 6.20. The lowest BCUT2D eigenvalue weighted by molar-refractivity contribution is -0.0807. The number of fused-ring (bicyclic) bond motifs is 3. The van der Waals surface area contributed by atoms with Crippen LogP contribution in [0.1, 0.15) is 41.9 Å². The van der Waals surface area contributed by atoms with Crippen LogP contribution < -0.4 is 5.32 Å². The highest BCUT2D eigenvalue weighted by Crippen LogP contribution is 2.39. The highest BCUT2D eigenvalue weighted by molar-refractivity contribution is 7.19. The van der Waals surface area contributed by atoms with Crippen molar-refractivity contribution >= 4 is 27.4 Å². The van der Waals surface area contributed by atoms with Gasteiger partial charge in [0, 0.05) is 57.7 Å². The van der Waals surface area contributed by atoms with Crippen LogP contribution in [0.4, 0.5) is 5.82 Å². The lowest BCUT2D eigenvalue weighted by Gasteiger charge is -2.36. The summed E-state index contributed by atoms with van der Waals surface area (Å²) in [4.78, 5) is 15.1. The first kappa shape index (κ1) is 20.6. The summed E-state index contributed by atoms with van der Waals surface area (Å²) >= 11 is 1.87. The summed E-state index contributed by atoms with van der Waals surface area (Å²) in [5, 5.41) is 4.94. The molecule has 0 radical (unpaired) electrons. The van der Waals surface area contributed by atoms with Crippen molar-refractivity contribution in [1.29, 1.82) is 0 Å². The minimum absolute atomic E-state index is 0.185. The van der Waals surface area contributed by atoms with E-state index in [1.54, 1.807) is 0 Å². The molecule has 1 aliphatic carbocycles. The van der Waals surface area contributed by atoms with Crippen LogP contribution in [0.15, 0.2) is 0 Å². The van der Waals surface area contributed by atoms with Crippen molar-refractivity contribution in [1.82, 2.24) is 14.9 Å². The average molecular weight is 433 g/mol. The lowest BCUT2D eigenvalue weighted by Crippen LogP contribution is -2.44. The number of nitrogens with one attached hydrogen (secondary N) is 1. The summed E-state index contributed by atoms with van der Waals surface area (Å²) in [7, 11) is 1.82.